The molecule has 0 bridgehead atoms. The Hall–Kier alpha value is -2.04. The van der Waals surface area contributed by atoms with E-state index in [4.69, 9.17) is 23.2 Å². The molecule has 2 aromatic carbocycles. The molecule has 0 heterocycles. The van der Waals surface area contributed by atoms with Crippen molar-refractivity contribution in [1.29, 1.82) is 0 Å². The molecule has 26 heavy (non-hydrogen) atoms. The van der Waals surface area contributed by atoms with Crippen LogP contribution in [0.1, 0.15) is 18.4 Å². The van der Waals surface area contributed by atoms with Crippen LogP contribution in [0.4, 0.5) is 5.69 Å². The van der Waals surface area contributed by atoms with E-state index in [2.05, 4.69) is 22.8 Å². The smallest absolute Gasteiger partial charge is 0.228 e. The van der Waals surface area contributed by atoms with Crippen molar-refractivity contribution >= 4 is 40.7 Å². The summed E-state index contributed by atoms with van der Waals surface area (Å²) in [4.78, 5) is 24.4. The average Bonchev–Trinajstić information content (AvgIpc) is 3.44. The lowest BCUT2D eigenvalue weighted by Crippen LogP contribution is -2.28. The lowest BCUT2D eigenvalue weighted by Gasteiger charge is -2.08. The predicted octanol–water partition coefficient (Wildman–Crippen LogP) is 4.32. The van der Waals surface area contributed by atoms with Crippen LogP contribution in [0.15, 0.2) is 48.5 Å². The van der Waals surface area contributed by atoms with E-state index in [0.29, 0.717) is 28.7 Å². The van der Waals surface area contributed by atoms with Gasteiger partial charge in [-0.15, -0.1) is 0 Å². The van der Waals surface area contributed by atoms with Crippen molar-refractivity contribution in [2.45, 2.75) is 19.3 Å². The molecule has 6 heteroatoms. The highest BCUT2D eigenvalue weighted by Gasteiger charge is 2.47. The first-order chi connectivity index (χ1) is 12.6. The van der Waals surface area contributed by atoms with E-state index >= 15 is 0 Å². The van der Waals surface area contributed by atoms with E-state index in [9.17, 15) is 9.59 Å². The Kier molecular flexibility index (Phi) is 6.17. The molecule has 3 rings (SSSR count). The number of halogens is 2. The fraction of sp³-hybridized carbons (Fsp3) is 0.300. The minimum Gasteiger partial charge on any atom is -0.356 e. The van der Waals surface area contributed by atoms with Gasteiger partial charge < -0.3 is 10.6 Å². The molecule has 136 valence electrons. The summed E-state index contributed by atoms with van der Waals surface area (Å²) in [6.07, 6.45) is 2.36. The molecule has 2 N–H and O–H groups in total. The molecule has 0 aliphatic heterocycles. The maximum Gasteiger partial charge on any atom is 0.228 e. The zero-order valence-corrected chi connectivity index (χ0v) is 15.7. The second-order valence-corrected chi connectivity index (χ2v) is 7.20. The number of carbonyl (C=O) groups is 2. The van der Waals surface area contributed by atoms with E-state index in [1.165, 1.54) is 5.56 Å². The van der Waals surface area contributed by atoms with Gasteiger partial charge in [0, 0.05) is 6.54 Å². The van der Waals surface area contributed by atoms with Gasteiger partial charge in [-0.05, 0) is 37.0 Å². The molecule has 1 aliphatic rings. The third-order valence-electron chi connectivity index (χ3n) is 4.46. The van der Waals surface area contributed by atoms with Crippen molar-refractivity contribution in [3.8, 4) is 0 Å². The molecule has 0 aromatic heterocycles. The second-order valence-electron chi connectivity index (χ2n) is 6.42. The van der Waals surface area contributed by atoms with Gasteiger partial charge in [0.1, 0.15) is 0 Å². The van der Waals surface area contributed by atoms with Crippen molar-refractivity contribution in [3.63, 3.8) is 0 Å². The summed E-state index contributed by atoms with van der Waals surface area (Å²) in [7, 11) is 0. The molecular formula is C20H20Cl2N2O2. The second kappa shape index (κ2) is 8.56. The molecular weight excluding hydrogens is 371 g/mol. The van der Waals surface area contributed by atoms with Crippen molar-refractivity contribution in [1.82, 2.24) is 5.32 Å². The Balaban J connectivity index is 1.40. The molecule has 1 aliphatic carbocycles. The van der Waals surface area contributed by atoms with Crippen molar-refractivity contribution in [3.05, 3.63) is 64.1 Å². The highest BCUT2D eigenvalue weighted by Crippen LogP contribution is 2.40. The first-order valence-electron chi connectivity index (χ1n) is 8.63. The van der Waals surface area contributed by atoms with Gasteiger partial charge in [-0.1, -0.05) is 59.6 Å². The maximum atomic E-state index is 12.3. The molecule has 2 amide bonds. The van der Waals surface area contributed by atoms with E-state index in [1.54, 1.807) is 18.2 Å². The molecule has 4 nitrogen and oxygen atoms in total. The Morgan fingerprint density at radius 2 is 1.69 bits per heavy atom. The minimum atomic E-state index is -0.306. The number of nitrogens with one attached hydrogen (secondary N) is 2. The summed E-state index contributed by atoms with van der Waals surface area (Å²) in [6, 6.07) is 15.2. The molecule has 1 fully saturated rings. The van der Waals surface area contributed by atoms with Gasteiger partial charge in [0.05, 0.1) is 27.6 Å². The van der Waals surface area contributed by atoms with Crippen LogP contribution < -0.4 is 10.6 Å². The maximum absolute atomic E-state index is 12.3. The zero-order valence-electron chi connectivity index (χ0n) is 14.2. The number of hydrogen-bond acceptors (Lipinski definition) is 2. The Morgan fingerprint density at radius 1 is 0.962 bits per heavy atom. The largest absolute Gasteiger partial charge is 0.356 e. The first-order valence-corrected chi connectivity index (χ1v) is 9.38. The predicted molar refractivity (Wildman–Crippen MR) is 104 cm³/mol. The quantitative estimate of drug-likeness (QED) is 0.691. The zero-order chi connectivity index (χ0) is 18.5. The number of hydrogen-bond donors (Lipinski definition) is 2. The summed E-state index contributed by atoms with van der Waals surface area (Å²) < 4.78 is 0. The normalized spacial score (nSPS) is 18.2. The Labute approximate surface area is 162 Å². The van der Waals surface area contributed by atoms with Gasteiger partial charge in [-0.25, -0.2) is 0 Å². The lowest BCUT2D eigenvalue weighted by molar-refractivity contribution is -0.125. The van der Waals surface area contributed by atoms with Gasteiger partial charge in [0.25, 0.3) is 0 Å². The number of anilines is 1. The Morgan fingerprint density at radius 3 is 2.46 bits per heavy atom. The number of benzene rings is 2. The topological polar surface area (TPSA) is 58.2 Å². The van der Waals surface area contributed by atoms with Crippen LogP contribution in [-0.2, 0) is 16.0 Å². The molecule has 2 atom stereocenters. The van der Waals surface area contributed by atoms with Crippen LogP contribution in [0.3, 0.4) is 0 Å². The number of aryl methyl sites for hydroxylation is 1. The standard InChI is InChI=1S/C20H20Cl2N2O2/c21-16-9-4-10-17(18(16)22)24-20(26)15-12-14(15)19(25)23-11-5-8-13-6-2-1-3-7-13/h1-4,6-7,9-10,14-15H,5,8,11-12H2,(H,23,25)(H,24,26). The van der Waals surface area contributed by atoms with Crippen molar-refractivity contribution in [2.24, 2.45) is 11.8 Å². The van der Waals surface area contributed by atoms with Gasteiger partial charge in [0.2, 0.25) is 11.8 Å². The minimum absolute atomic E-state index is 0.0598. The third-order valence-corrected chi connectivity index (χ3v) is 5.28. The van der Waals surface area contributed by atoms with Crippen molar-refractivity contribution < 1.29 is 9.59 Å². The first kappa shape index (κ1) is 18.7. The fourth-order valence-corrected chi connectivity index (χ4v) is 3.23. The van der Waals surface area contributed by atoms with Crippen LogP contribution in [0, 0.1) is 11.8 Å². The van der Waals surface area contributed by atoms with Gasteiger partial charge in [-0.2, -0.15) is 0 Å². The molecule has 0 spiro atoms. The monoisotopic (exact) mass is 390 g/mol. The third kappa shape index (κ3) is 4.77. The van der Waals surface area contributed by atoms with Gasteiger partial charge in [0.15, 0.2) is 0 Å². The summed E-state index contributed by atoms with van der Waals surface area (Å²) in [5, 5.41) is 6.36. The van der Waals surface area contributed by atoms with E-state index in [1.807, 2.05) is 18.2 Å². The Bertz CT molecular complexity index is 796. The SMILES string of the molecule is O=C(NCCCc1ccccc1)C1CC1C(=O)Nc1cccc(Cl)c1Cl. The van der Waals surface area contributed by atoms with E-state index in [-0.39, 0.29) is 23.7 Å². The highest BCUT2D eigenvalue weighted by molar-refractivity contribution is 6.44. The average molecular weight is 391 g/mol. The summed E-state index contributed by atoms with van der Waals surface area (Å²) in [6.45, 7) is 0.610. The van der Waals surface area contributed by atoms with Crippen molar-refractivity contribution in [2.75, 3.05) is 11.9 Å². The van der Waals surface area contributed by atoms with Crippen LogP contribution in [0.25, 0.3) is 0 Å². The molecule has 0 radical (unpaired) electrons. The number of rotatable bonds is 7. The van der Waals surface area contributed by atoms with E-state index in [0.717, 1.165) is 12.8 Å². The summed E-state index contributed by atoms with van der Waals surface area (Å²) in [5.74, 6) is -0.821. The van der Waals surface area contributed by atoms with Crippen LogP contribution in [0.5, 0.6) is 0 Å². The van der Waals surface area contributed by atoms with Gasteiger partial charge in [-0.3, -0.25) is 9.59 Å². The van der Waals surface area contributed by atoms with Crippen LogP contribution in [0.2, 0.25) is 10.0 Å². The number of amides is 2. The molecule has 1 saturated carbocycles. The highest BCUT2D eigenvalue weighted by atomic mass is 35.5. The lowest BCUT2D eigenvalue weighted by atomic mass is 10.1. The molecule has 2 aromatic rings. The summed E-state index contributed by atoms with van der Waals surface area (Å²) in [5.41, 5.74) is 1.72. The van der Waals surface area contributed by atoms with Crippen LogP contribution >= 0.6 is 23.2 Å². The molecule has 0 saturated heterocycles. The van der Waals surface area contributed by atoms with Gasteiger partial charge >= 0.3 is 0 Å². The molecule has 2 unspecified atom stereocenters. The van der Waals surface area contributed by atoms with E-state index < -0.39 is 0 Å². The number of carbonyl (C=O) groups excluding carboxylic acids is 2. The fourth-order valence-electron chi connectivity index (χ4n) is 2.88. The summed E-state index contributed by atoms with van der Waals surface area (Å²) >= 11 is 12.0. The van der Waals surface area contributed by atoms with Crippen LogP contribution in [-0.4, -0.2) is 18.4 Å².